The quantitative estimate of drug-likeness (QED) is 0.144. The van der Waals surface area contributed by atoms with Crippen LogP contribution >= 0.6 is 0 Å². The summed E-state index contributed by atoms with van der Waals surface area (Å²) in [6.45, 7) is 3.79. The maximum Gasteiger partial charge on any atom is 0.249 e. The van der Waals surface area contributed by atoms with Crippen molar-refractivity contribution in [2.75, 3.05) is 46.2 Å². The first kappa shape index (κ1) is 40.5. The molecule has 9 heteroatoms. The van der Waals surface area contributed by atoms with Crippen molar-refractivity contribution in [1.82, 2.24) is 14.7 Å². The van der Waals surface area contributed by atoms with Gasteiger partial charge in [0.05, 0.1) is 19.8 Å². The van der Waals surface area contributed by atoms with Gasteiger partial charge in [-0.1, -0.05) is 96.3 Å². The molecule has 51 heavy (non-hydrogen) atoms. The summed E-state index contributed by atoms with van der Waals surface area (Å²) in [5, 5.41) is 0. The molecule has 0 heterocycles. The van der Waals surface area contributed by atoms with Gasteiger partial charge in [0.1, 0.15) is 19.8 Å². The number of ether oxygens (including phenoxy) is 3. The molecule has 0 aromatic heterocycles. The molecular formula is C42H73N3O6. The van der Waals surface area contributed by atoms with E-state index < -0.39 is 0 Å². The third-order valence-corrected chi connectivity index (χ3v) is 12.9. The second kappa shape index (κ2) is 22.5. The van der Waals surface area contributed by atoms with Crippen LogP contribution in [0, 0.1) is 5.92 Å². The van der Waals surface area contributed by atoms with E-state index in [2.05, 4.69) is 16.7 Å². The molecule has 0 spiro atoms. The average Bonchev–Trinajstić information content (AvgIpc) is 3.17. The monoisotopic (exact) mass is 716 g/mol. The molecule has 0 N–H and O–H groups in total. The Morgan fingerprint density at radius 2 is 0.706 bits per heavy atom. The van der Waals surface area contributed by atoms with Crippen molar-refractivity contribution in [3.63, 3.8) is 0 Å². The van der Waals surface area contributed by atoms with Crippen LogP contribution in [0.3, 0.4) is 0 Å². The molecule has 3 amide bonds. The van der Waals surface area contributed by atoms with Crippen LogP contribution in [0.5, 0.6) is 0 Å². The lowest BCUT2D eigenvalue weighted by Gasteiger charge is -2.42. The van der Waals surface area contributed by atoms with Crippen molar-refractivity contribution in [1.29, 1.82) is 0 Å². The van der Waals surface area contributed by atoms with Gasteiger partial charge < -0.3 is 28.9 Å². The average molecular weight is 716 g/mol. The number of likely N-dealkylation sites (N-methyl/N-ethyl adjacent to an activating group) is 1. The van der Waals surface area contributed by atoms with Crippen molar-refractivity contribution in [3.05, 3.63) is 0 Å². The molecular weight excluding hydrogens is 642 g/mol. The van der Waals surface area contributed by atoms with E-state index >= 15 is 0 Å². The first-order chi connectivity index (χ1) is 25.0. The number of carbonyl (C=O) groups is 3. The van der Waals surface area contributed by atoms with E-state index in [1.54, 1.807) is 0 Å². The van der Waals surface area contributed by atoms with Crippen LogP contribution in [0.2, 0.25) is 0 Å². The molecule has 5 aliphatic rings. The van der Waals surface area contributed by atoms with Gasteiger partial charge in [0.15, 0.2) is 0 Å². The Hall–Kier alpha value is -1.71. The molecule has 0 aliphatic heterocycles. The molecule has 0 aromatic rings. The zero-order valence-electron chi connectivity index (χ0n) is 32.4. The van der Waals surface area contributed by atoms with Gasteiger partial charge >= 0.3 is 0 Å². The second-order valence-corrected chi connectivity index (χ2v) is 16.7. The van der Waals surface area contributed by atoms with Gasteiger partial charge in [-0.3, -0.25) is 14.4 Å². The van der Waals surface area contributed by atoms with Crippen LogP contribution in [-0.2, 0) is 28.6 Å². The standard InChI is InChI=1S/C42H73N3O6/c1-2-43(35-18-8-3-9-19-35)40(46)31-49-28-34(29-50-32-41(47)44(36-20-10-4-11-21-36)37-22-12-5-13-23-37)30-51-33-42(48)45(38-24-14-6-15-25-38)39-26-16-7-17-27-39/h34-39H,2-33H2,1H3. The lowest BCUT2D eigenvalue weighted by molar-refractivity contribution is -0.145. The topological polar surface area (TPSA) is 88.6 Å². The van der Waals surface area contributed by atoms with Crippen molar-refractivity contribution < 1.29 is 28.6 Å². The highest BCUT2D eigenvalue weighted by Crippen LogP contribution is 2.32. The van der Waals surface area contributed by atoms with Gasteiger partial charge in [0.25, 0.3) is 0 Å². The zero-order chi connectivity index (χ0) is 35.7. The van der Waals surface area contributed by atoms with Gasteiger partial charge in [-0.05, 0) is 71.1 Å². The second-order valence-electron chi connectivity index (χ2n) is 16.7. The van der Waals surface area contributed by atoms with Gasteiger partial charge in [0, 0.05) is 42.7 Å². The third kappa shape index (κ3) is 12.7. The molecule has 0 atom stereocenters. The molecule has 5 fully saturated rings. The maximum absolute atomic E-state index is 13.8. The van der Waals surface area contributed by atoms with Crippen LogP contribution in [0.1, 0.15) is 167 Å². The zero-order valence-corrected chi connectivity index (χ0v) is 32.4. The summed E-state index contributed by atoms with van der Waals surface area (Å²) in [5.41, 5.74) is 0. The minimum Gasteiger partial charge on any atom is -0.371 e. The van der Waals surface area contributed by atoms with Gasteiger partial charge in [-0.15, -0.1) is 0 Å². The lowest BCUT2D eigenvalue weighted by atomic mass is 9.88. The largest absolute Gasteiger partial charge is 0.371 e. The highest BCUT2D eigenvalue weighted by molar-refractivity contribution is 5.79. The third-order valence-electron chi connectivity index (χ3n) is 12.9. The maximum atomic E-state index is 13.8. The minimum absolute atomic E-state index is 0.0347. The smallest absolute Gasteiger partial charge is 0.249 e. The Labute approximate surface area is 310 Å². The van der Waals surface area contributed by atoms with Crippen molar-refractivity contribution in [2.24, 2.45) is 5.92 Å². The molecule has 0 bridgehead atoms. The molecule has 0 radical (unpaired) electrons. The van der Waals surface area contributed by atoms with E-state index in [0.29, 0.717) is 56.6 Å². The van der Waals surface area contributed by atoms with Crippen molar-refractivity contribution in [3.8, 4) is 0 Å². The van der Waals surface area contributed by atoms with E-state index in [1.165, 1.54) is 96.3 Å². The summed E-state index contributed by atoms with van der Waals surface area (Å²) in [4.78, 5) is 47.3. The minimum atomic E-state index is -0.182. The molecule has 5 aliphatic carbocycles. The van der Waals surface area contributed by atoms with E-state index in [-0.39, 0.29) is 43.5 Å². The number of rotatable bonds is 18. The fourth-order valence-corrected chi connectivity index (χ4v) is 10.2. The Morgan fingerprint density at radius 3 is 1.00 bits per heavy atom. The fourth-order valence-electron chi connectivity index (χ4n) is 10.2. The highest BCUT2D eigenvalue weighted by atomic mass is 16.5. The lowest BCUT2D eigenvalue weighted by Crippen LogP contribution is -2.50. The summed E-state index contributed by atoms with van der Waals surface area (Å²) in [6, 6.07) is 1.64. The van der Waals surface area contributed by atoms with Gasteiger partial charge in [-0.25, -0.2) is 0 Å². The molecule has 0 aromatic carbocycles. The summed E-state index contributed by atoms with van der Waals surface area (Å²) >= 11 is 0. The number of hydrogen-bond donors (Lipinski definition) is 0. The highest BCUT2D eigenvalue weighted by Gasteiger charge is 2.34. The molecule has 292 valence electrons. The van der Waals surface area contributed by atoms with Crippen LogP contribution in [0.15, 0.2) is 0 Å². The predicted molar refractivity (Wildman–Crippen MR) is 201 cm³/mol. The number of amides is 3. The summed E-state index contributed by atoms with van der Waals surface area (Å²) in [7, 11) is 0. The molecule has 0 unspecified atom stereocenters. The summed E-state index contributed by atoms with van der Waals surface area (Å²) in [5.74, 6) is 0.0863. The number of carbonyl (C=O) groups excluding carboxylic acids is 3. The van der Waals surface area contributed by atoms with E-state index in [9.17, 15) is 14.4 Å². The Kier molecular flexibility index (Phi) is 17.9. The van der Waals surface area contributed by atoms with Crippen LogP contribution < -0.4 is 0 Å². The number of nitrogens with zero attached hydrogens (tertiary/aromatic N) is 3. The van der Waals surface area contributed by atoms with Crippen molar-refractivity contribution >= 4 is 17.7 Å². The van der Waals surface area contributed by atoms with Crippen molar-refractivity contribution in [2.45, 2.75) is 198 Å². The van der Waals surface area contributed by atoms with E-state index in [0.717, 1.165) is 64.2 Å². The molecule has 5 rings (SSSR count). The number of hydrogen-bond acceptors (Lipinski definition) is 6. The Bertz CT molecular complexity index is 918. The molecule has 0 saturated heterocycles. The van der Waals surface area contributed by atoms with Gasteiger partial charge in [0.2, 0.25) is 17.7 Å². The molecule has 5 saturated carbocycles. The Morgan fingerprint density at radius 1 is 0.431 bits per heavy atom. The first-order valence-electron chi connectivity index (χ1n) is 21.7. The molecule has 9 nitrogen and oxygen atoms in total. The normalized spacial score (nSPS) is 22.2. The van der Waals surface area contributed by atoms with Gasteiger partial charge in [-0.2, -0.15) is 0 Å². The van der Waals surface area contributed by atoms with Crippen LogP contribution in [0.4, 0.5) is 0 Å². The summed E-state index contributed by atoms with van der Waals surface area (Å²) in [6.07, 6.45) is 29.2. The fraction of sp³-hybridized carbons (Fsp3) is 0.929. The van der Waals surface area contributed by atoms with Crippen LogP contribution in [-0.4, -0.2) is 109 Å². The Balaban J connectivity index is 1.16. The summed E-state index contributed by atoms with van der Waals surface area (Å²) < 4.78 is 18.5. The predicted octanol–water partition coefficient (Wildman–Crippen LogP) is 7.82. The first-order valence-corrected chi connectivity index (χ1v) is 21.7. The van der Waals surface area contributed by atoms with E-state index in [4.69, 9.17) is 14.2 Å². The van der Waals surface area contributed by atoms with Crippen LogP contribution in [0.25, 0.3) is 0 Å². The van der Waals surface area contributed by atoms with E-state index in [1.807, 2.05) is 4.90 Å². The SMILES string of the molecule is CCN(C(=O)COCC(COCC(=O)N(C1CCCCC1)C1CCCCC1)COCC(=O)N(C1CCCCC1)C1CCCCC1)C1CCCCC1.